The van der Waals surface area contributed by atoms with E-state index in [2.05, 4.69) is 0 Å². The number of para-hydroxylation sites is 1. The summed E-state index contributed by atoms with van der Waals surface area (Å²) in [6.07, 6.45) is 4.06. The molecule has 0 aromatic heterocycles. The predicted molar refractivity (Wildman–Crippen MR) is 87.4 cm³/mol. The molecule has 5 heteroatoms. The van der Waals surface area contributed by atoms with Crippen molar-refractivity contribution in [3.05, 3.63) is 29.8 Å². The minimum Gasteiger partial charge on any atom is -0.496 e. The van der Waals surface area contributed by atoms with E-state index in [1.807, 2.05) is 21.9 Å². The average Bonchev–Trinajstić information content (AvgIpc) is 2.78. The summed E-state index contributed by atoms with van der Waals surface area (Å²) in [6, 6.07) is 7.30. The third-order valence-electron chi connectivity index (χ3n) is 4.89. The van der Waals surface area contributed by atoms with E-state index in [9.17, 15) is 9.59 Å². The number of methoxy groups -OCH3 is 1. The summed E-state index contributed by atoms with van der Waals surface area (Å²) >= 11 is 0. The Labute approximate surface area is 137 Å². The predicted octanol–water partition coefficient (Wildman–Crippen LogP) is 2.17. The molecule has 1 aliphatic carbocycles. The van der Waals surface area contributed by atoms with Gasteiger partial charge in [-0.1, -0.05) is 18.6 Å². The molecule has 1 saturated heterocycles. The van der Waals surface area contributed by atoms with Crippen LogP contribution >= 0.6 is 0 Å². The first-order valence-electron chi connectivity index (χ1n) is 8.42. The standard InChI is InChI=1S/C18H24N2O3/c1-23-16-9-3-2-8-15(16)18(22)20-11-5-10-19(12-13-20)17(21)14-6-4-7-14/h2-3,8-9,14H,4-7,10-13H2,1H3. The lowest BCUT2D eigenvalue weighted by Crippen LogP contribution is -2.41. The number of nitrogens with zero attached hydrogens (tertiary/aromatic N) is 2. The fraction of sp³-hybridized carbons (Fsp3) is 0.556. The Morgan fingerprint density at radius 2 is 1.70 bits per heavy atom. The number of hydrogen-bond donors (Lipinski definition) is 0. The van der Waals surface area contributed by atoms with Gasteiger partial charge in [-0.05, 0) is 31.4 Å². The molecular weight excluding hydrogens is 292 g/mol. The highest BCUT2D eigenvalue weighted by molar-refractivity contribution is 5.97. The summed E-state index contributed by atoms with van der Waals surface area (Å²) in [5.41, 5.74) is 0.591. The van der Waals surface area contributed by atoms with Gasteiger partial charge in [-0.2, -0.15) is 0 Å². The molecule has 0 atom stereocenters. The molecule has 3 rings (SSSR count). The van der Waals surface area contributed by atoms with Crippen molar-refractivity contribution >= 4 is 11.8 Å². The average molecular weight is 316 g/mol. The fourth-order valence-electron chi connectivity index (χ4n) is 3.25. The van der Waals surface area contributed by atoms with Gasteiger partial charge in [0.25, 0.3) is 5.91 Å². The number of amides is 2. The van der Waals surface area contributed by atoms with Gasteiger partial charge >= 0.3 is 0 Å². The molecule has 0 N–H and O–H groups in total. The highest BCUT2D eigenvalue weighted by Gasteiger charge is 2.31. The van der Waals surface area contributed by atoms with E-state index in [0.29, 0.717) is 30.9 Å². The van der Waals surface area contributed by atoms with Gasteiger partial charge in [0.15, 0.2) is 0 Å². The number of benzene rings is 1. The number of carbonyl (C=O) groups excluding carboxylic acids is 2. The van der Waals surface area contributed by atoms with E-state index in [1.165, 1.54) is 6.42 Å². The van der Waals surface area contributed by atoms with Gasteiger partial charge in [-0.3, -0.25) is 9.59 Å². The van der Waals surface area contributed by atoms with Crippen LogP contribution in [0.25, 0.3) is 0 Å². The highest BCUT2D eigenvalue weighted by atomic mass is 16.5. The van der Waals surface area contributed by atoms with E-state index in [0.717, 1.165) is 25.8 Å². The first-order valence-corrected chi connectivity index (χ1v) is 8.42. The van der Waals surface area contributed by atoms with Gasteiger partial charge in [0, 0.05) is 32.1 Å². The lowest BCUT2D eigenvalue weighted by Gasteiger charge is -2.31. The second-order valence-electron chi connectivity index (χ2n) is 6.30. The molecule has 1 saturated carbocycles. The molecule has 124 valence electrons. The summed E-state index contributed by atoms with van der Waals surface area (Å²) in [5, 5.41) is 0. The first-order chi connectivity index (χ1) is 11.2. The van der Waals surface area contributed by atoms with Gasteiger partial charge in [0.2, 0.25) is 5.91 Å². The van der Waals surface area contributed by atoms with Crippen molar-refractivity contribution < 1.29 is 14.3 Å². The first kappa shape index (κ1) is 15.8. The van der Waals surface area contributed by atoms with Crippen LogP contribution in [0.1, 0.15) is 36.0 Å². The Hall–Kier alpha value is -2.04. The molecule has 2 fully saturated rings. The van der Waals surface area contributed by atoms with Gasteiger partial charge in [-0.15, -0.1) is 0 Å². The van der Waals surface area contributed by atoms with E-state index >= 15 is 0 Å². The van der Waals surface area contributed by atoms with Crippen LogP contribution in [0.4, 0.5) is 0 Å². The molecule has 1 aliphatic heterocycles. The topological polar surface area (TPSA) is 49.9 Å². The molecular formula is C18H24N2O3. The van der Waals surface area contributed by atoms with Crippen molar-refractivity contribution in [2.75, 3.05) is 33.3 Å². The van der Waals surface area contributed by atoms with Crippen LogP contribution in [0.15, 0.2) is 24.3 Å². The smallest absolute Gasteiger partial charge is 0.257 e. The van der Waals surface area contributed by atoms with Gasteiger partial charge in [-0.25, -0.2) is 0 Å². The Morgan fingerprint density at radius 3 is 2.39 bits per heavy atom. The lowest BCUT2D eigenvalue weighted by molar-refractivity contribution is -0.138. The van der Waals surface area contributed by atoms with Crippen LogP contribution < -0.4 is 4.74 Å². The minimum absolute atomic E-state index is 0.0135. The Balaban J connectivity index is 1.65. The van der Waals surface area contributed by atoms with Crippen molar-refractivity contribution in [3.63, 3.8) is 0 Å². The molecule has 1 heterocycles. The number of ether oxygens (including phenoxy) is 1. The van der Waals surface area contributed by atoms with Gasteiger partial charge in [0.05, 0.1) is 12.7 Å². The largest absolute Gasteiger partial charge is 0.496 e. The summed E-state index contributed by atoms with van der Waals surface area (Å²) < 4.78 is 5.29. The zero-order valence-electron chi connectivity index (χ0n) is 13.7. The summed E-state index contributed by atoms with van der Waals surface area (Å²) in [7, 11) is 1.58. The fourth-order valence-corrected chi connectivity index (χ4v) is 3.25. The molecule has 0 unspecified atom stereocenters. The number of carbonyl (C=O) groups is 2. The maximum absolute atomic E-state index is 12.8. The highest BCUT2D eigenvalue weighted by Crippen LogP contribution is 2.28. The van der Waals surface area contributed by atoms with Crippen LogP contribution in [0.3, 0.4) is 0 Å². The number of hydrogen-bond acceptors (Lipinski definition) is 3. The van der Waals surface area contributed by atoms with Crippen molar-refractivity contribution in [3.8, 4) is 5.75 Å². The molecule has 0 radical (unpaired) electrons. The van der Waals surface area contributed by atoms with Crippen molar-refractivity contribution in [1.29, 1.82) is 0 Å². The third-order valence-corrected chi connectivity index (χ3v) is 4.89. The molecule has 5 nitrogen and oxygen atoms in total. The SMILES string of the molecule is COc1ccccc1C(=O)N1CCCN(C(=O)C2CCC2)CC1. The Kier molecular flexibility index (Phi) is 4.84. The van der Waals surface area contributed by atoms with Gasteiger partial charge < -0.3 is 14.5 Å². The van der Waals surface area contributed by atoms with E-state index in [4.69, 9.17) is 4.74 Å². The molecule has 0 bridgehead atoms. The van der Waals surface area contributed by atoms with E-state index < -0.39 is 0 Å². The lowest BCUT2D eigenvalue weighted by atomic mass is 9.84. The molecule has 2 aliphatic rings. The second kappa shape index (κ2) is 7.02. The van der Waals surface area contributed by atoms with Crippen LogP contribution in [0.2, 0.25) is 0 Å². The summed E-state index contributed by atoms with van der Waals surface area (Å²) in [4.78, 5) is 28.9. The van der Waals surface area contributed by atoms with E-state index in [1.54, 1.807) is 19.2 Å². The molecule has 0 spiro atoms. The zero-order valence-corrected chi connectivity index (χ0v) is 13.7. The Morgan fingerprint density at radius 1 is 1.00 bits per heavy atom. The molecule has 23 heavy (non-hydrogen) atoms. The summed E-state index contributed by atoms with van der Waals surface area (Å²) in [6.45, 7) is 2.67. The van der Waals surface area contributed by atoms with Crippen LogP contribution in [0, 0.1) is 5.92 Å². The monoisotopic (exact) mass is 316 g/mol. The van der Waals surface area contributed by atoms with Gasteiger partial charge in [0.1, 0.15) is 5.75 Å². The maximum Gasteiger partial charge on any atom is 0.257 e. The maximum atomic E-state index is 12.8. The normalized spacial score (nSPS) is 19.0. The second-order valence-corrected chi connectivity index (χ2v) is 6.30. The third kappa shape index (κ3) is 3.33. The van der Waals surface area contributed by atoms with Crippen molar-refractivity contribution in [2.24, 2.45) is 5.92 Å². The van der Waals surface area contributed by atoms with Crippen molar-refractivity contribution in [1.82, 2.24) is 9.80 Å². The van der Waals surface area contributed by atoms with Crippen LogP contribution in [-0.2, 0) is 4.79 Å². The molecule has 1 aromatic rings. The van der Waals surface area contributed by atoms with Crippen LogP contribution in [-0.4, -0.2) is 54.9 Å². The van der Waals surface area contributed by atoms with Crippen molar-refractivity contribution in [2.45, 2.75) is 25.7 Å². The quantitative estimate of drug-likeness (QED) is 0.859. The molecule has 2 amide bonds. The van der Waals surface area contributed by atoms with E-state index in [-0.39, 0.29) is 17.7 Å². The number of rotatable bonds is 3. The minimum atomic E-state index is -0.0135. The zero-order chi connectivity index (χ0) is 16.2. The van der Waals surface area contributed by atoms with Crippen LogP contribution in [0.5, 0.6) is 5.75 Å². The molecule has 1 aromatic carbocycles. The Bertz CT molecular complexity index is 583. The summed E-state index contributed by atoms with van der Waals surface area (Å²) in [5.74, 6) is 1.10.